The Morgan fingerprint density at radius 2 is 2.08 bits per heavy atom. The maximum absolute atomic E-state index is 12.4. The minimum atomic E-state index is -0.481. The van der Waals surface area contributed by atoms with Crippen LogP contribution in [0, 0.1) is 0 Å². The molecule has 1 aliphatic rings. The van der Waals surface area contributed by atoms with Crippen LogP contribution < -0.4 is 16.6 Å². The number of pyridine rings is 1. The lowest BCUT2D eigenvalue weighted by atomic mass is 10.1. The van der Waals surface area contributed by atoms with Crippen LogP contribution >= 0.6 is 0 Å². The topological polar surface area (TPSA) is 95.2 Å². The number of ether oxygens (including phenoxy) is 1. The van der Waals surface area contributed by atoms with Gasteiger partial charge in [-0.15, -0.1) is 0 Å². The van der Waals surface area contributed by atoms with E-state index in [0.29, 0.717) is 12.0 Å². The molecule has 1 saturated heterocycles. The summed E-state index contributed by atoms with van der Waals surface area (Å²) in [4.78, 5) is 40.7. The number of amides is 1. The molecule has 2 aromatic heterocycles. The predicted octanol–water partition coefficient (Wildman–Crippen LogP) is -0.0705. The molecule has 0 saturated carbocycles. The first-order valence-electron chi connectivity index (χ1n) is 7.89. The molecule has 1 N–H and O–H groups in total. The predicted molar refractivity (Wildman–Crippen MR) is 88.1 cm³/mol. The molecule has 3 heterocycles. The molecule has 2 atom stereocenters. The first-order chi connectivity index (χ1) is 11.4. The molecule has 0 unspecified atom stereocenters. The highest BCUT2D eigenvalue weighted by Crippen LogP contribution is 2.16. The van der Waals surface area contributed by atoms with Crippen molar-refractivity contribution >= 4 is 16.9 Å². The zero-order chi connectivity index (χ0) is 17.4. The maximum Gasteiger partial charge on any atom is 0.332 e. The van der Waals surface area contributed by atoms with Crippen molar-refractivity contribution in [2.75, 3.05) is 6.61 Å². The van der Waals surface area contributed by atoms with E-state index in [1.54, 1.807) is 0 Å². The van der Waals surface area contributed by atoms with Crippen molar-refractivity contribution in [3.8, 4) is 0 Å². The second-order valence-electron chi connectivity index (χ2n) is 6.09. The van der Waals surface area contributed by atoms with Crippen LogP contribution in [0.2, 0.25) is 0 Å². The Hall–Kier alpha value is -2.48. The lowest BCUT2D eigenvalue weighted by molar-refractivity contribution is 0.0709. The number of aryl methyl sites for hydroxylation is 1. The summed E-state index contributed by atoms with van der Waals surface area (Å²) in [7, 11) is 2.93. The van der Waals surface area contributed by atoms with Crippen molar-refractivity contribution in [2.24, 2.45) is 14.1 Å². The second-order valence-corrected chi connectivity index (χ2v) is 6.09. The smallest absolute Gasteiger partial charge is 0.332 e. The highest BCUT2D eigenvalue weighted by Gasteiger charge is 2.24. The van der Waals surface area contributed by atoms with E-state index >= 15 is 0 Å². The number of carbonyl (C=O) groups is 1. The number of nitrogens with zero attached hydrogens (tertiary/aromatic N) is 3. The van der Waals surface area contributed by atoms with E-state index < -0.39 is 11.2 Å². The highest BCUT2D eigenvalue weighted by molar-refractivity contribution is 5.94. The fourth-order valence-electron chi connectivity index (χ4n) is 2.95. The van der Waals surface area contributed by atoms with Gasteiger partial charge in [0, 0.05) is 20.7 Å². The van der Waals surface area contributed by atoms with Gasteiger partial charge in [-0.25, -0.2) is 9.78 Å². The lowest BCUT2D eigenvalue weighted by Gasteiger charge is -2.19. The summed E-state index contributed by atoms with van der Waals surface area (Å²) >= 11 is 0. The van der Waals surface area contributed by atoms with Crippen LogP contribution in [0.1, 0.15) is 30.3 Å². The lowest BCUT2D eigenvalue weighted by Crippen LogP contribution is -2.41. The van der Waals surface area contributed by atoms with Crippen molar-refractivity contribution in [1.29, 1.82) is 0 Å². The number of fused-ring (bicyclic) bond motifs is 1. The van der Waals surface area contributed by atoms with Gasteiger partial charge in [0.25, 0.3) is 11.5 Å². The summed E-state index contributed by atoms with van der Waals surface area (Å²) in [5.74, 6) is -0.354. The average molecular weight is 332 g/mol. The minimum absolute atomic E-state index is 0.00561. The SMILES string of the molecule is C[C@@H](NC(=O)c1ccc2c(=O)n(C)c(=O)n(C)c2n1)[C@@H]1CCCO1. The number of nitrogens with one attached hydrogen (secondary N) is 1. The largest absolute Gasteiger partial charge is 0.376 e. The fourth-order valence-corrected chi connectivity index (χ4v) is 2.95. The van der Waals surface area contributed by atoms with Crippen molar-refractivity contribution in [2.45, 2.75) is 31.9 Å². The Morgan fingerprint density at radius 1 is 1.33 bits per heavy atom. The molecule has 0 radical (unpaired) electrons. The van der Waals surface area contributed by atoms with Crippen LogP contribution in [-0.4, -0.2) is 38.8 Å². The average Bonchev–Trinajstić information content (AvgIpc) is 3.12. The van der Waals surface area contributed by atoms with E-state index in [-0.39, 0.29) is 29.4 Å². The Morgan fingerprint density at radius 3 is 2.75 bits per heavy atom. The molecule has 0 aliphatic carbocycles. The molecule has 24 heavy (non-hydrogen) atoms. The molecule has 1 fully saturated rings. The van der Waals surface area contributed by atoms with Crippen molar-refractivity contribution in [3.63, 3.8) is 0 Å². The first kappa shape index (κ1) is 16.4. The van der Waals surface area contributed by atoms with Gasteiger partial charge in [0.2, 0.25) is 0 Å². The van der Waals surface area contributed by atoms with Gasteiger partial charge < -0.3 is 10.1 Å². The molecule has 1 aliphatic heterocycles. The zero-order valence-corrected chi connectivity index (χ0v) is 13.9. The standard InChI is InChI=1S/C16H20N4O4/c1-9(12-5-4-8-24-12)17-14(21)11-7-6-10-13(18-11)19(2)16(23)20(3)15(10)22/h6-7,9,12H,4-5,8H2,1-3H3,(H,17,21)/t9-,12+/m1/s1. The fraction of sp³-hybridized carbons (Fsp3) is 0.500. The Labute approximate surface area is 138 Å². The summed E-state index contributed by atoms with van der Waals surface area (Å²) < 4.78 is 7.84. The van der Waals surface area contributed by atoms with E-state index in [1.165, 1.54) is 30.8 Å². The molecule has 8 nitrogen and oxygen atoms in total. The van der Waals surface area contributed by atoms with Gasteiger partial charge in [-0.3, -0.25) is 18.7 Å². The molecule has 1 amide bonds. The number of rotatable bonds is 3. The number of hydrogen-bond donors (Lipinski definition) is 1. The molecule has 8 heteroatoms. The van der Waals surface area contributed by atoms with E-state index in [9.17, 15) is 14.4 Å². The van der Waals surface area contributed by atoms with Gasteiger partial charge in [-0.05, 0) is 31.9 Å². The van der Waals surface area contributed by atoms with Gasteiger partial charge in [0.15, 0.2) is 0 Å². The van der Waals surface area contributed by atoms with Crippen LogP contribution in [0.4, 0.5) is 0 Å². The van der Waals surface area contributed by atoms with Crippen LogP contribution in [-0.2, 0) is 18.8 Å². The Bertz CT molecular complexity index is 909. The summed E-state index contributed by atoms with van der Waals surface area (Å²) in [5, 5.41) is 3.16. The summed E-state index contributed by atoms with van der Waals surface area (Å²) in [6.07, 6.45) is 1.91. The zero-order valence-electron chi connectivity index (χ0n) is 13.9. The second kappa shape index (κ2) is 6.20. The van der Waals surface area contributed by atoms with Gasteiger partial charge >= 0.3 is 5.69 Å². The molecule has 0 bridgehead atoms. The van der Waals surface area contributed by atoms with Gasteiger partial charge in [0.1, 0.15) is 11.3 Å². The molecule has 0 spiro atoms. The van der Waals surface area contributed by atoms with Crippen LogP contribution in [0.25, 0.3) is 11.0 Å². The molecule has 128 valence electrons. The third kappa shape index (κ3) is 2.73. The number of carbonyl (C=O) groups excluding carboxylic acids is 1. The van der Waals surface area contributed by atoms with Gasteiger partial charge in [0.05, 0.1) is 17.5 Å². The molecule has 3 rings (SSSR count). The minimum Gasteiger partial charge on any atom is -0.376 e. The van der Waals surface area contributed by atoms with Crippen molar-refractivity contribution < 1.29 is 9.53 Å². The van der Waals surface area contributed by atoms with Gasteiger partial charge in [-0.2, -0.15) is 0 Å². The van der Waals surface area contributed by atoms with E-state index in [1.807, 2.05) is 6.92 Å². The van der Waals surface area contributed by atoms with E-state index in [0.717, 1.165) is 17.4 Å². The van der Waals surface area contributed by atoms with Crippen molar-refractivity contribution in [3.05, 3.63) is 38.7 Å². The van der Waals surface area contributed by atoms with Crippen LogP contribution in [0.5, 0.6) is 0 Å². The Balaban J connectivity index is 1.94. The summed E-state index contributed by atoms with van der Waals surface area (Å²) in [5.41, 5.74) is -0.554. The molecular weight excluding hydrogens is 312 g/mol. The molecular formula is C16H20N4O4. The third-order valence-corrected chi connectivity index (χ3v) is 4.42. The summed E-state index contributed by atoms with van der Waals surface area (Å²) in [6, 6.07) is 2.88. The molecule has 0 aromatic carbocycles. The summed E-state index contributed by atoms with van der Waals surface area (Å²) in [6.45, 7) is 2.60. The monoisotopic (exact) mass is 332 g/mol. The van der Waals surface area contributed by atoms with E-state index in [2.05, 4.69) is 10.3 Å². The Kier molecular flexibility index (Phi) is 4.23. The number of hydrogen-bond acceptors (Lipinski definition) is 5. The van der Waals surface area contributed by atoms with Crippen molar-refractivity contribution in [1.82, 2.24) is 19.4 Å². The molecule has 2 aromatic rings. The van der Waals surface area contributed by atoms with Crippen LogP contribution in [0.15, 0.2) is 21.7 Å². The quantitative estimate of drug-likeness (QED) is 0.849. The van der Waals surface area contributed by atoms with Crippen LogP contribution in [0.3, 0.4) is 0 Å². The first-order valence-corrected chi connectivity index (χ1v) is 7.89. The van der Waals surface area contributed by atoms with E-state index in [4.69, 9.17) is 4.74 Å². The third-order valence-electron chi connectivity index (χ3n) is 4.42. The number of aromatic nitrogens is 3. The van der Waals surface area contributed by atoms with Gasteiger partial charge in [-0.1, -0.05) is 0 Å². The maximum atomic E-state index is 12.4. The highest BCUT2D eigenvalue weighted by atomic mass is 16.5. The normalized spacial score (nSPS) is 18.7.